The van der Waals surface area contributed by atoms with Crippen LogP contribution in [0, 0.1) is 0 Å². The average Bonchev–Trinajstić information content (AvgIpc) is 2.37. The molecule has 2 aromatic carbocycles. The molecule has 0 aliphatic rings. The van der Waals surface area contributed by atoms with E-state index in [0.717, 1.165) is 18.2 Å². The summed E-state index contributed by atoms with van der Waals surface area (Å²) in [7, 11) is -7.81. The summed E-state index contributed by atoms with van der Waals surface area (Å²) in [5, 5.41) is 4.97. The Labute approximate surface area is 122 Å². The summed E-state index contributed by atoms with van der Waals surface area (Å²) >= 11 is 0. The van der Waals surface area contributed by atoms with Gasteiger partial charge in [0.25, 0.3) is 0 Å². The van der Waals surface area contributed by atoms with Gasteiger partial charge in [0, 0.05) is 5.69 Å². The van der Waals surface area contributed by atoms with Gasteiger partial charge in [0.1, 0.15) is 4.90 Å². The number of sulfonamides is 1. The second kappa shape index (κ2) is 5.02. The lowest BCUT2D eigenvalue weighted by atomic mass is 10.3. The molecule has 0 heterocycles. The van der Waals surface area contributed by atoms with Gasteiger partial charge in [-0.25, -0.2) is 22.0 Å². The number of sulfone groups is 1. The Bertz CT molecular complexity index is 889. The second-order valence-electron chi connectivity index (χ2n) is 4.32. The van der Waals surface area contributed by atoms with E-state index in [-0.39, 0.29) is 20.4 Å². The third-order valence-electron chi connectivity index (χ3n) is 2.79. The fourth-order valence-electron chi connectivity index (χ4n) is 1.74. The Morgan fingerprint density at radius 1 is 0.762 bits per heavy atom. The van der Waals surface area contributed by atoms with Gasteiger partial charge in [-0.1, -0.05) is 0 Å². The van der Waals surface area contributed by atoms with Crippen LogP contribution >= 0.6 is 0 Å². The number of rotatable bonds is 3. The predicted octanol–water partition coefficient (Wildman–Crippen LogP) is 0.331. The maximum absolute atomic E-state index is 12.4. The van der Waals surface area contributed by atoms with Crippen LogP contribution in [-0.2, 0) is 19.9 Å². The number of primary sulfonamides is 1. The van der Waals surface area contributed by atoms with Crippen molar-refractivity contribution in [2.75, 3.05) is 11.5 Å². The largest absolute Gasteiger partial charge is 0.399 e. The summed E-state index contributed by atoms with van der Waals surface area (Å²) in [4.78, 5) is -0.421. The highest BCUT2D eigenvalue weighted by Crippen LogP contribution is 2.26. The lowest BCUT2D eigenvalue weighted by Gasteiger charge is -2.08. The van der Waals surface area contributed by atoms with E-state index in [0.29, 0.717) is 5.69 Å². The minimum atomic E-state index is -4.00. The quantitative estimate of drug-likeness (QED) is 0.692. The molecule has 2 aromatic rings. The maximum Gasteiger partial charge on any atom is 0.240 e. The molecule has 112 valence electrons. The van der Waals surface area contributed by atoms with Crippen molar-refractivity contribution in [3.05, 3.63) is 42.5 Å². The van der Waals surface area contributed by atoms with Crippen molar-refractivity contribution in [2.24, 2.45) is 5.14 Å². The number of benzene rings is 2. The van der Waals surface area contributed by atoms with Gasteiger partial charge in [-0.3, -0.25) is 0 Å². The molecule has 0 unspecified atom stereocenters. The molecule has 9 heteroatoms. The van der Waals surface area contributed by atoms with Crippen LogP contribution in [0.1, 0.15) is 0 Å². The minimum absolute atomic E-state index is 0.0273. The number of nitrogen functional groups attached to an aromatic ring is 2. The monoisotopic (exact) mass is 327 g/mol. The van der Waals surface area contributed by atoms with E-state index in [1.807, 2.05) is 0 Å². The van der Waals surface area contributed by atoms with Crippen LogP contribution in [0.5, 0.6) is 0 Å². The fraction of sp³-hybridized carbons (Fsp3) is 0. The van der Waals surface area contributed by atoms with Crippen LogP contribution in [0.15, 0.2) is 57.2 Å². The molecule has 0 aromatic heterocycles. The lowest BCUT2D eigenvalue weighted by molar-refractivity contribution is 0.593. The molecule has 0 saturated heterocycles. The van der Waals surface area contributed by atoms with Crippen molar-refractivity contribution in [1.82, 2.24) is 0 Å². The highest BCUT2D eigenvalue weighted by Gasteiger charge is 2.20. The molecule has 0 aliphatic carbocycles. The molecule has 0 amide bonds. The third kappa shape index (κ3) is 2.99. The van der Waals surface area contributed by atoms with E-state index in [4.69, 9.17) is 16.6 Å². The first-order chi connectivity index (χ1) is 9.62. The lowest BCUT2D eigenvalue weighted by Crippen LogP contribution is -2.15. The van der Waals surface area contributed by atoms with Gasteiger partial charge in [-0.15, -0.1) is 0 Å². The van der Waals surface area contributed by atoms with E-state index in [1.165, 1.54) is 24.3 Å². The Kier molecular flexibility index (Phi) is 3.66. The van der Waals surface area contributed by atoms with Crippen LogP contribution in [0.4, 0.5) is 11.4 Å². The Morgan fingerprint density at radius 3 is 1.76 bits per heavy atom. The van der Waals surface area contributed by atoms with Crippen molar-refractivity contribution in [3.8, 4) is 0 Å². The first kappa shape index (κ1) is 15.3. The van der Waals surface area contributed by atoms with Gasteiger partial charge in [0.2, 0.25) is 19.9 Å². The standard InChI is InChI=1S/C12H13N3O4S2/c13-8-1-3-9(4-2-8)20(16,17)10-5-6-12(11(14)7-10)21(15,18)19/h1-7H,13-14H2,(H2,15,18,19). The van der Waals surface area contributed by atoms with E-state index >= 15 is 0 Å². The van der Waals surface area contributed by atoms with Gasteiger partial charge in [-0.2, -0.15) is 0 Å². The Balaban J connectivity index is 2.57. The van der Waals surface area contributed by atoms with Gasteiger partial charge in [-0.05, 0) is 42.5 Å². The molecule has 0 atom stereocenters. The third-order valence-corrected chi connectivity index (χ3v) is 5.54. The molecule has 0 fully saturated rings. The molecule has 0 saturated carbocycles. The molecule has 7 nitrogen and oxygen atoms in total. The highest BCUT2D eigenvalue weighted by molar-refractivity contribution is 7.91. The summed E-state index contributed by atoms with van der Waals surface area (Å²) in [6, 6.07) is 8.88. The summed E-state index contributed by atoms with van der Waals surface area (Å²) in [6.45, 7) is 0. The van der Waals surface area contributed by atoms with Gasteiger partial charge < -0.3 is 11.5 Å². The van der Waals surface area contributed by atoms with Crippen LogP contribution in [0.3, 0.4) is 0 Å². The SMILES string of the molecule is Nc1ccc(S(=O)(=O)c2ccc(S(N)(=O)=O)c(N)c2)cc1. The van der Waals surface area contributed by atoms with E-state index in [2.05, 4.69) is 0 Å². The van der Waals surface area contributed by atoms with Gasteiger partial charge in [0.15, 0.2) is 0 Å². The van der Waals surface area contributed by atoms with Gasteiger partial charge in [0.05, 0.1) is 15.5 Å². The molecule has 21 heavy (non-hydrogen) atoms. The zero-order valence-electron chi connectivity index (χ0n) is 10.7. The Morgan fingerprint density at radius 2 is 1.29 bits per heavy atom. The predicted molar refractivity (Wildman–Crippen MR) is 78.5 cm³/mol. The number of nitrogens with two attached hydrogens (primary N) is 3. The zero-order chi connectivity index (χ0) is 15.8. The summed E-state index contributed by atoms with van der Waals surface area (Å²) in [5.41, 5.74) is 11.3. The van der Waals surface area contributed by atoms with Crippen molar-refractivity contribution in [1.29, 1.82) is 0 Å². The molecule has 2 rings (SSSR count). The van der Waals surface area contributed by atoms with Crippen LogP contribution in [-0.4, -0.2) is 16.8 Å². The minimum Gasteiger partial charge on any atom is -0.399 e. The highest BCUT2D eigenvalue weighted by atomic mass is 32.2. The van der Waals surface area contributed by atoms with Crippen molar-refractivity contribution in [3.63, 3.8) is 0 Å². The van der Waals surface area contributed by atoms with Crippen molar-refractivity contribution in [2.45, 2.75) is 14.7 Å². The number of anilines is 2. The van der Waals surface area contributed by atoms with Crippen LogP contribution < -0.4 is 16.6 Å². The molecule has 6 N–H and O–H groups in total. The molecule has 0 bridgehead atoms. The normalized spacial score (nSPS) is 12.2. The maximum atomic E-state index is 12.4. The molecule has 0 radical (unpaired) electrons. The summed E-state index contributed by atoms with van der Waals surface area (Å²) in [5.74, 6) is 0. The van der Waals surface area contributed by atoms with Gasteiger partial charge >= 0.3 is 0 Å². The average molecular weight is 327 g/mol. The summed E-state index contributed by atoms with van der Waals surface area (Å²) < 4.78 is 47.3. The van der Waals surface area contributed by atoms with Crippen molar-refractivity contribution < 1.29 is 16.8 Å². The van der Waals surface area contributed by atoms with E-state index < -0.39 is 19.9 Å². The smallest absolute Gasteiger partial charge is 0.240 e. The Hall–Kier alpha value is -2.10. The fourth-order valence-corrected chi connectivity index (χ4v) is 3.68. The van der Waals surface area contributed by atoms with E-state index in [1.54, 1.807) is 0 Å². The number of hydrogen-bond donors (Lipinski definition) is 3. The zero-order valence-corrected chi connectivity index (χ0v) is 12.4. The summed E-state index contributed by atoms with van der Waals surface area (Å²) in [6.07, 6.45) is 0. The van der Waals surface area contributed by atoms with Crippen molar-refractivity contribution >= 4 is 31.2 Å². The van der Waals surface area contributed by atoms with E-state index in [9.17, 15) is 16.8 Å². The molecular formula is C12H13N3O4S2. The van der Waals surface area contributed by atoms with Crippen LogP contribution in [0.2, 0.25) is 0 Å². The van der Waals surface area contributed by atoms with Crippen LogP contribution in [0.25, 0.3) is 0 Å². The molecular weight excluding hydrogens is 314 g/mol. The first-order valence-corrected chi connectivity index (χ1v) is 8.68. The topological polar surface area (TPSA) is 146 Å². The molecule has 0 spiro atoms. The number of hydrogen-bond acceptors (Lipinski definition) is 6. The molecule has 0 aliphatic heterocycles. The first-order valence-electron chi connectivity index (χ1n) is 5.65. The second-order valence-corrected chi connectivity index (χ2v) is 7.80.